The van der Waals surface area contributed by atoms with Gasteiger partial charge in [-0.3, -0.25) is 9.69 Å². The summed E-state index contributed by atoms with van der Waals surface area (Å²) in [4.78, 5) is 16.1. The molecule has 2 N–H and O–H groups in total. The van der Waals surface area contributed by atoms with E-state index in [9.17, 15) is 10.1 Å². The number of carbonyl (C=O) groups is 1. The fourth-order valence-electron chi connectivity index (χ4n) is 5.73. The predicted octanol–water partition coefficient (Wildman–Crippen LogP) is 4.76. The van der Waals surface area contributed by atoms with Crippen molar-refractivity contribution in [3.63, 3.8) is 0 Å². The van der Waals surface area contributed by atoms with Crippen LogP contribution in [-0.2, 0) is 14.9 Å². The van der Waals surface area contributed by atoms with Gasteiger partial charge < -0.3 is 15.4 Å². The van der Waals surface area contributed by atoms with E-state index in [0.29, 0.717) is 23.0 Å². The van der Waals surface area contributed by atoms with Crippen LogP contribution in [-0.4, -0.2) is 62.3 Å². The summed E-state index contributed by atoms with van der Waals surface area (Å²) in [6.07, 6.45) is 0.706. The third kappa shape index (κ3) is 6.30. The average Bonchev–Trinajstić information content (AvgIpc) is 3.18. The molecule has 0 aliphatic carbocycles. The quantitative estimate of drug-likeness (QED) is 0.527. The first-order valence-corrected chi connectivity index (χ1v) is 13.7. The molecular formula is C29H36Cl2N4O2. The molecule has 37 heavy (non-hydrogen) atoms. The van der Waals surface area contributed by atoms with E-state index < -0.39 is 17.4 Å². The number of nitrogens with zero attached hydrogens (tertiary/aromatic N) is 2. The molecule has 4 atom stereocenters. The highest BCUT2D eigenvalue weighted by molar-refractivity contribution is 6.30. The Balaban J connectivity index is 1.73. The second kappa shape index (κ2) is 11.7. The van der Waals surface area contributed by atoms with E-state index in [1.54, 1.807) is 0 Å². The minimum absolute atomic E-state index is 0.0766. The molecular weight excluding hydrogens is 507 g/mol. The summed E-state index contributed by atoms with van der Waals surface area (Å²) in [5.74, 6) is -0.559. The van der Waals surface area contributed by atoms with Crippen LogP contribution >= 0.6 is 23.2 Å². The van der Waals surface area contributed by atoms with Gasteiger partial charge >= 0.3 is 0 Å². The van der Waals surface area contributed by atoms with E-state index in [4.69, 9.17) is 27.9 Å². The second-order valence-corrected chi connectivity index (χ2v) is 12.1. The van der Waals surface area contributed by atoms with Gasteiger partial charge in [0.25, 0.3) is 0 Å². The van der Waals surface area contributed by atoms with E-state index in [1.165, 1.54) is 0 Å². The van der Waals surface area contributed by atoms with Gasteiger partial charge in [-0.15, -0.1) is 0 Å². The van der Waals surface area contributed by atoms with Gasteiger partial charge in [-0.2, -0.15) is 5.26 Å². The number of nitriles is 1. The molecule has 2 heterocycles. The molecule has 2 aromatic carbocycles. The summed E-state index contributed by atoms with van der Waals surface area (Å²) < 4.78 is 5.43. The van der Waals surface area contributed by atoms with Crippen LogP contribution in [0.2, 0.25) is 10.0 Å². The minimum Gasteiger partial charge on any atom is -0.379 e. The summed E-state index contributed by atoms with van der Waals surface area (Å²) in [5, 5.41) is 18.9. The van der Waals surface area contributed by atoms with Gasteiger partial charge in [-0.1, -0.05) is 68.2 Å². The molecule has 2 saturated heterocycles. The number of nitrogens with one attached hydrogen (secondary N) is 2. The number of benzene rings is 2. The highest BCUT2D eigenvalue weighted by Crippen LogP contribution is 2.51. The lowest BCUT2D eigenvalue weighted by Crippen LogP contribution is -2.48. The zero-order valence-corrected chi connectivity index (χ0v) is 23.3. The lowest BCUT2D eigenvalue weighted by molar-refractivity contribution is -0.123. The van der Waals surface area contributed by atoms with Gasteiger partial charge in [-0.25, -0.2) is 0 Å². The Morgan fingerprint density at radius 2 is 1.86 bits per heavy atom. The Hall–Kier alpha value is -2.14. The first kappa shape index (κ1) is 27.9. The van der Waals surface area contributed by atoms with Crippen LogP contribution in [0.15, 0.2) is 48.5 Å². The molecule has 2 aliphatic heterocycles. The largest absolute Gasteiger partial charge is 0.379 e. The third-order valence-electron chi connectivity index (χ3n) is 7.40. The second-order valence-electron chi connectivity index (χ2n) is 11.2. The maximum absolute atomic E-state index is 13.8. The van der Waals surface area contributed by atoms with Crippen molar-refractivity contribution in [3.05, 3.63) is 69.7 Å². The molecule has 1 amide bonds. The number of morpholine rings is 1. The molecule has 0 aromatic heterocycles. The van der Waals surface area contributed by atoms with Crippen LogP contribution in [0.5, 0.6) is 0 Å². The van der Waals surface area contributed by atoms with Crippen molar-refractivity contribution in [2.24, 2.45) is 5.41 Å². The minimum atomic E-state index is -1.01. The van der Waals surface area contributed by atoms with Crippen LogP contribution in [0.3, 0.4) is 0 Å². The van der Waals surface area contributed by atoms with Gasteiger partial charge in [-0.05, 0) is 47.2 Å². The zero-order valence-electron chi connectivity index (χ0n) is 21.8. The van der Waals surface area contributed by atoms with Gasteiger partial charge in [0.15, 0.2) is 0 Å². The highest BCUT2D eigenvalue weighted by atomic mass is 35.5. The molecule has 2 aliphatic rings. The molecule has 198 valence electrons. The van der Waals surface area contributed by atoms with Crippen molar-refractivity contribution in [2.45, 2.75) is 50.6 Å². The lowest BCUT2D eigenvalue weighted by Gasteiger charge is -2.37. The summed E-state index contributed by atoms with van der Waals surface area (Å²) in [6, 6.07) is 16.8. The maximum atomic E-state index is 13.8. The number of amides is 1. The fourth-order valence-corrected chi connectivity index (χ4v) is 6.05. The van der Waals surface area contributed by atoms with Crippen LogP contribution in [0.1, 0.15) is 44.2 Å². The van der Waals surface area contributed by atoms with Crippen molar-refractivity contribution < 1.29 is 9.53 Å². The fraction of sp³-hybridized carbons (Fsp3) is 0.517. The highest BCUT2D eigenvalue weighted by Gasteiger charge is 2.59. The molecule has 0 radical (unpaired) electrons. The summed E-state index contributed by atoms with van der Waals surface area (Å²) in [6.45, 7) is 10.9. The normalized spacial score (nSPS) is 26.5. The zero-order chi connectivity index (χ0) is 26.6. The topological polar surface area (TPSA) is 77.4 Å². The Morgan fingerprint density at radius 3 is 2.49 bits per heavy atom. The van der Waals surface area contributed by atoms with Crippen molar-refractivity contribution in [3.8, 4) is 6.07 Å². The molecule has 0 unspecified atom stereocenters. The van der Waals surface area contributed by atoms with Gasteiger partial charge in [0.05, 0.1) is 25.3 Å². The summed E-state index contributed by atoms with van der Waals surface area (Å²) in [5.41, 5.74) is 0.623. The molecule has 2 aromatic rings. The van der Waals surface area contributed by atoms with Gasteiger partial charge in [0.2, 0.25) is 5.91 Å². The van der Waals surface area contributed by atoms with Crippen molar-refractivity contribution in [1.29, 1.82) is 5.26 Å². The molecule has 0 saturated carbocycles. The third-order valence-corrected chi connectivity index (χ3v) is 7.89. The number of ether oxygens (including phenoxy) is 1. The van der Waals surface area contributed by atoms with E-state index in [0.717, 1.165) is 44.0 Å². The van der Waals surface area contributed by atoms with Crippen molar-refractivity contribution in [1.82, 2.24) is 15.5 Å². The molecule has 4 rings (SSSR count). The van der Waals surface area contributed by atoms with Gasteiger partial charge in [0.1, 0.15) is 5.41 Å². The van der Waals surface area contributed by atoms with Crippen LogP contribution in [0.25, 0.3) is 0 Å². The number of hydrogen-bond acceptors (Lipinski definition) is 5. The monoisotopic (exact) mass is 542 g/mol. The molecule has 6 nitrogen and oxygen atoms in total. The standard InChI is InChI=1S/C29H36Cl2N4O2/c1-28(2,3)18-24-29(19-32,21-7-9-22(30)10-8-21)25(20-5-4-6-23(31)17-20)26(34-24)27(36)33-11-12-35-13-15-37-16-14-35/h4-10,17,24-26,34H,11-16,18H2,1-3H3,(H,33,36)/t24-,25-,26+,29-/m0/s1. The van der Waals surface area contributed by atoms with Crippen LogP contribution < -0.4 is 10.6 Å². The van der Waals surface area contributed by atoms with Crippen molar-refractivity contribution in [2.75, 3.05) is 39.4 Å². The number of rotatable bonds is 7. The number of halogens is 2. The van der Waals surface area contributed by atoms with E-state index >= 15 is 0 Å². The Labute approximate surface area is 230 Å². The molecule has 8 heteroatoms. The SMILES string of the molecule is CC(C)(C)C[C@@H]1N[C@@H](C(=O)NCCN2CCOCC2)[C@H](c2cccc(Cl)c2)[C@@]1(C#N)c1ccc(Cl)cc1. The van der Waals surface area contributed by atoms with E-state index in [-0.39, 0.29) is 17.4 Å². The van der Waals surface area contributed by atoms with E-state index in [2.05, 4.69) is 42.4 Å². The van der Waals surface area contributed by atoms with Crippen LogP contribution in [0.4, 0.5) is 0 Å². The predicted molar refractivity (Wildman–Crippen MR) is 148 cm³/mol. The first-order chi connectivity index (χ1) is 17.6. The van der Waals surface area contributed by atoms with Crippen molar-refractivity contribution >= 4 is 29.1 Å². The van der Waals surface area contributed by atoms with Crippen LogP contribution in [0, 0.1) is 16.7 Å². The Morgan fingerprint density at radius 1 is 1.16 bits per heavy atom. The van der Waals surface area contributed by atoms with E-state index in [1.807, 2.05) is 48.5 Å². The van der Waals surface area contributed by atoms with Gasteiger partial charge in [0, 0.05) is 48.2 Å². The lowest BCUT2D eigenvalue weighted by atomic mass is 9.63. The molecule has 0 bridgehead atoms. The maximum Gasteiger partial charge on any atom is 0.237 e. The summed E-state index contributed by atoms with van der Waals surface area (Å²) >= 11 is 12.7. The summed E-state index contributed by atoms with van der Waals surface area (Å²) in [7, 11) is 0. The number of hydrogen-bond donors (Lipinski definition) is 2. The molecule has 2 fully saturated rings. The average molecular weight is 544 g/mol. The Kier molecular flexibility index (Phi) is 8.83. The molecule has 0 spiro atoms. The first-order valence-electron chi connectivity index (χ1n) is 12.9. The Bertz CT molecular complexity index is 1120. The smallest absolute Gasteiger partial charge is 0.237 e. The number of carbonyl (C=O) groups excluding carboxylic acids is 1.